The zero-order chi connectivity index (χ0) is 20.3. The summed E-state index contributed by atoms with van der Waals surface area (Å²) < 4.78 is 24.7. The van der Waals surface area contributed by atoms with Gasteiger partial charge in [-0.05, 0) is 70.2 Å². The fraction of sp³-hybridized carbons (Fsp3) is 0.619. The lowest BCUT2D eigenvalue weighted by molar-refractivity contribution is -0.156. The number of alkyl carbamates (subject to hydrolysis) is 1. The lowest BCUT2D eigenvalue weighted by Gasteiger charge is -2.41. The Balaban J connectivity index is 1.72. The summed E-state index contributed by atoms with van der Waals surface area (Å²) in [6.45, 7) is 7.97. The molecule has 154 valence electrons. The molecule has 2 aliphatic heterocycles. The van der Waals surface area contributed by atoms with Crippen LogP contribution in [0.15, 0.2) is 24.3 Å². The number of hydrogen-bond donors (Lipinski definition) is 1. The second-order valence-corrected chi connectivity index (χ2v) is 8.70. The average Bonchev–Trinajstić information content (AvgIpc) is 2.57. The molecule has 6 nitrogen and oxygen atoms in total. The third-order valence-electron chi connectivity index (χ3n) is 5.02. The van der Waals surface area contributed by atoms with E-state index >= 15 is 0 Å². The number of amides is 1. The number of benzene rings is 1. The summed E-state index contributed by atoms with van der Waals surface area (Å²) in [4.78, 5) is 27.5. The highest BCUT2D eigenvalue weighted by atomic mass is 19.1. The molecule has 0 saturated carbocycles. The molecule has 2 heterocycles. The van der Waals surface area contributed by atoms with Gasteiger partial charge in [0.1, 0.15) is 17.5 Å². The zero-order valence-electron chi connectivity index (χ0n) is 16.7. The van der Waals surface area contributed by atoms with Crippen LogP contribution in [0.3, 0.4) is 0 Å². The topological polar surface area (TPSA) is 67.9 Å². The van der Waals surface area contributed by atoms with Gasteiger partial charge >= 0.3 is 12.1 Å². The van der Waals surface area contributed by atoms with Gasteiger partial charge < -0.3 is 14.8 Å². The first kappa shape index (κ1) is 20.6. The number of nitrogens with zero attached hydrogens (tertiary/aromatic N) is 1. The monoisotopic (exact) mass is 392 g/mol. The van der Waals surface area contributed by atoms with Crippen LogP contribution < -0.4 is 5.32 Å². The maximum Gasteiger partial charge on any atom is 0.408 e. The van der Waals surface area contributed by atoms with Gasteiger partial charge in [0.2, 0.25) is 0 Å². The van der Waals surface area contributed by atoms with Crippen LogP contribution in [-0.2, 0) is 14.3 Å². The van der Waals surface area contributed by atoms with Crippen LogP contribution in [0.4, 0.5) is 9.18 Å². The number of fused-ring (bicyclic) bond motifs is 2. The first-order valence-electron chi connectivity index (χ1n) is 9.87. The van der Waals surface area contributed by atoms with Crippen molar-refractivity contribution in [2.75, 3.05) is 19.6 Å². The fourth-order valence-corrected chi connectivity index (χ4v) is 3.95. The number of hydrogen-bond acceptors (Lipinski definition) is 5. The van der Waals surface area contributed by atoms with Crippen LogP contribution in [0.25, 0.3) is 0 Å². The van der Waals surface area contributed by atoms with E-state index in [4.69, 9.17) is 9.47 Å². The summed E-state index contributed by atoms with van der Waals surface area (Å²) in [5.74, 6) is -0.547. The van der Waals surface area contributed by atoms with Crippen molar-refractivity contribution >= 4 is 12.1 Å². The first-order chi connectivity index (χ1) is 13.2. The van der Waals surface area contributed by atoms with Crippen LogP contribution in [0.2, 0.25) is 0 Å². The smallest absolute Gasteiger partial charge is 0.408 e. The van der Waals surface area contributed by atoms with Gasteiger partial charge in [-0.2, -0.15) is 0 Å². The Morgan fingerprint density at radius 3 is 2.75 bits per heavy atom. The molecule has 1 amide bonds. The van der Waals surface area contributed by atoms with E-state index in [0.717, 1.165) is 25.9 Å². The van der Waals surface area contributed by atoms with Crippen LogP contribution in [0.5, 0.6) is 0 Å². The van der Waals surface area contributed by atoms with Crippen molar-refractivity contribution in [2.45, 2.75) is 57.8 Å². The molecule has 1 aromatic carbocycles. The molecule has 0 radical (unpaired) electrons. The Labute approximate surface area is 165 Å². The highest BCUT2D eigenvalue weighted by Gasteiger charge is 2.35. The van der Waals surface area contributed by atoms with Crippen LogP contribution >= 0.6 is 0 Å². The Morgan fingerprint density at radius 1 is 1.29 bits per heavy atom. The van der Waals surface area contributed by atoms with Crippen molar-refractivity contribution in [2.24, 2.45) is 5.92 Å². The van der Waals surface area contributed by atoms with Gasteiger partial charge in [-0.15, -0.1) is 0 Å². The highest BCUT2D eigenvalue weighted by molar-refractivity contribution is 5.83. The molecule has 7 heteroatoms. The molecule has 0 spiro atoms. The van der Waals surface area contributed by atoms with Gasteiger partial charge in [0.05, 0.1) is 0 Å². The molecule has 28 heavy (non-hydrogen) atoms. The van der Waals surface area contributed by atoms with Gasteiger partial charge in [0.15, 0.2) is 6.04 Å². The molecule has 3 rings (SSSR count). The summed E-state index contributed by atoms with van der Waals surface area (Å²) in [5, 5.41) is 2.54. The second-order valence-electron chi connectivity index (χ2n) is 8.70. The van der Waals surface area contributed by atoms with Crippen LogP contribution in [0, 0.1) is 11.7 Å². The molecule has 2 bridgehead atoms. The molecule has 2 fully saturated rings. The fourth-order valence-electron chi connectivity index (χ4n) is 3.95. The number of esters is 1. The first-order valence-corrected chi connectivity index (χ1v) is 9.87. The number of rotatable bonds is 4. The Bertz CT molecular complexity index is 707. The molecular formula is C21H29FN2O4. The lowest BCUT2D eigenvalue weighted by Crippen LogP contribution is -2.49. The molecule has 3 unspecified atom stereocenters. The van der Waals surface area contributed by atoms with E-state index < -0.39 is 29.5 Å². The summed E-state index contributed by atoms with van der Waals surface area (Å²) in [7, 11) is 0. The minimum atomic E-state index is -1.12. The highest BCUT2D eigenvalue weighted by Crippen LogP contribution is 2.29. The van der Waals surface area contributed by atoms with Gasteiger partial charge in [-0.25, -0.2) is 14.0 Å². The summed E-state index contributed by atoms with van der Waals surface area (Å²) in [6.07, 6.45) is 2.18. The largest absolute Gasteiger partial charge is 0.459 e. The molecule has 0 aromatic heterocycles. The van der Waals surface area contributed by atoms with Gasteiger partial charge in [0, 0.05) is 13.1 Å². The maximum absolute atomic E-state index is 13.7. The van der Waals surface area contributed by atoms with E-state index in [9.17, 15) is 14.0 Å². The predicted octanol–water partition coefficient (Wildman–Crippen LogP) is 3.42. The van der Waals surface area contributed by atoms with E-state index in [1.165, 1.54) is 24.6 Å². The standard InChI is InChI=1S/C21H29FN2O4/c1-21(2,3)28-20(26)23-18(15-7-4-8-16(22)11-15)19(25)27-17-10-14-6-5-9-24(12-14)13-17/h4,7-8,11,14,17-18H,5-6,9-10,12-13H2,1-3H3,(H,23,26)/t14?,17-,18?/m1/s1. The minimum Gasteiger partial charge on any atom is -0.459 e. The van der Waals surface area contributed by atoms with Gasteiger partial charge in [0.25, 0.3) is 0 Å². The number of nitrogens with one attached hydrogen (secondary N) is 1. The van der Waals surface area contributed by atoms with Crippen LogP contribution in [-0.4, -0.2) is 48.3 Å². The molecular weight excluding hydrogens is 363 g/mol. The quantitative estimate of drug-likeness (QED) is 0.796. The predicted molar refractivity (Wildman–Crippen MR) is 102 cm³/mol. The Kier molecular flexibility index (Phi) is 6.23. The van der Waals surface area contributed by atoms with Crippen molar-refractivity contribution in [1.82, 2.24) is 10.2 Å². The van der Waals surface area contributed by atoms with E-state index in [1.807, 2.05) is 0 Å². The number of carbonyl (C=O) groups excluding carboxylic acids is 2. The van der Waals surface area contributed by atoms with Gasteiger partial charge in [-0.1, -0.05) is 12.1 Å². The van der Waals surface area contributed by atoms with Crippen molar-refractivity contribution in [3.05, 3.63) is 35.6 Å². The molecule has 4 atom stereocenters. The number of ether oxygens (including phenoxy) is 2. The third kappa shape index (κ3) is 5.67. The SMILES string of the molecule is CC(C)(C)OC(=O)NC(C(=O)O[C@@H]1CC2CCCN(C2)C1)c1cccc(F)c1. The summed E-state index contributed by atoms with van der Waals surface area (Å²) in [6, 6.07) is 4.48. The summed E-state index contributed by atoms with van der Waals surface area (Å²) in [5.41, 5.74) is -0.388. The van der Waals surface area contributed by atoms with Gasteiger partial charge in [-0.3, -0.25) is 4.90 Å². The molecule has 1 N–H and O–H groups in total. The number of halogens is 1. The normalized spacial score (nSPS) is 25.5. The number of carbonyl (C=O) groups is 2. The molecule has 2 aliphatic rings. The van der Waals surface area contributed by atoms with E-state index in [2.05, 4.69) is 10.2 Å². The van der Waals surface area contributed by atoms with Crippen molar-refractivity contribution in [1.29, 1.82) is 0 Å². The minimum absolute atomic E-state index is 0.219. The van der Waals surface area contributed by atoms with E-state index in [-0.39, 0.29) is 6.10 Å². The van der Waals surface area contributed by atoms with Crippen molar-refractivity contribution in [3.63, 3.8) is 0 Å². The number of piperidine rings is 2. The third-order valence-corrected chi connectivity index (χ3v) is 5.02. The average molecular weight is 392 g/mol. The Hall–Kier alpha value is -2.15. The van der Waals surface area contributed by atoms with Crippen LogP contribution in [0.1, 0.15) is 51.6 Å². The van der Waals surface area contributed by atoms with E-state index in [0.29, 0.717) is 18.0 Å². The second kappa shape index (κ2) is 8.47. The lowest BCUT2D eigenvalue weighted by atomic mass is 9.88. The summed E-state index contributed by atoms with van der Waals surface area (Å²) >= 11 is 0. The van der Waals surface area contributed by atoms with Crippen molar-refractivity contribution < 1.29 is 23.5 Å². The zero-order valence-corrected chi connectivity index (χ0v) is 16.7. The Morgan fingerprint density at radius 2 is 2.07 bits per heavy atom. The van der Waals surface area contributed by atoms with Crippen molar-refractivity contribution in [3.8, 4) is 0 Å². The molecule has 2 saturated heterocycles. The molecule has 0 aliphatic carbocycles. The molecule has 1 aromatic rings. The van der Waals surface area contributed by atoms with E-state index in [1.54, 1.807) is 26.8 Å². The maximum atomic E-state index is 13.7.